The lowest BCUT2D eigenvalue weighted by Gasteiger charge is -2.23. The first-order valence-electron chi connectivity index (χ1n) is 4.53. The summed E-state index contributed by atoms with van der Waals surface area (Å²) in [7, 11) is 0. The summed E-state index contributed by atoms with van der Waals surface area (Å²) >= 11 is 0. The van der Waals surface area contributed by atoms with E-state index in [2.05, 4.69) is 27.4 Å². The smallest absolute Gasteiger partial charge is 0.130 e. The molecule has 0 bridgehead atoms. The number of hydrogen-bond donors (Lipinski definition) is 0. The Bertz CT molecular complexity index is 177. The van der Waals surface area contributed by atoms with E-state index >= 15 is 0 Å². The van der Waals surface area contributed by atoms with Crippen LogP contribution in [-0.2, 0) is 4.79 Å². The molecule has 0 fully saturated rings. The normalized spacial score (nSPS) is 11.3. The summed E-state index contributed by atoms with van der Waals surface area (Å²) in [5, 5.41) is 0. The van der Waals surface area contributed by atoms with Crippen molar-refractivity contribution in [1.29, 1.82) is 0 Å². The molecule has 0 aromatic heterocycles. The molecule has 0 saturated heterocycles. The molecule has 0 rings (SSSR count). The van der Waals surface area contributed by atoms with Gasteiger partial charge in [-0.2, -0.15) is 0 Å². The Labute approximate surface area is 75.9 Å². The third-order valence-corrected chi connectivity index (χ3v) is 1.96. The van der Waals surface area contributed by atoms with Crippen LogP contribution >= 0.6 is 0 Å². The van der Waals surface area contributed by atoms with E-state index in [1.807, 2.05) is 0 Å². The van der Waals surface area contributed by atoms with E-state index < -0.39 is 0 Å². The van der Waals surface area contributed by atoms with Gasteiger partial charge in [-0.25, -0.2) is 0 Å². The van der Waals surface area contributed by atoms with E-state index in [9.17, 15) is 4.79 Å². The molecular weight excluding hydrogens is 148 g/mol. The topological polar surface area (TPSA) is 17.1 Å². The van der Waals surface area contributed by atoms with Gasteiger partial charge in [0.1, 0.15) is 5.78 Å². The van der Waals surface area contributed by atoms with Gasteiger partial charge in [-0.1, -0.05) is 32.9 Å². The molecular formula is C11H20O. The van der Waals surface area contributed by atoms with Crippen molar-refractivity contribution in [2.45, 2.75) is 47.0 Å². The first-order chi connectivity index (χ1) is 5.37. The molecule has 0 unspecified atom stereocenters. The number of carbonyl (C=O) groups is 1. The van der Waals surface area contributed by atoms with Crippen molar-refractivity contribution in [3.8, 4) is 0 Å². The van der Waals surface area contributed by atoms with Crippen molar-refractivity contribution in [3.63, 3.8) is 0 Å². The van der Waals surface area contributed by atoms with Crippen molar-refractivity contribution in [1.82, 2.24) is 0 Å². The summed E-state index contributed by atoms with van der Waals surface area (Å²) in [6.45, 7) is 11.9. The molecule has 70 valence electrons. The maximum atomic E-state index is 10.9. The van der Waals surface area contributed by atoms with Crippen LogP contribution in [0.1, 0.15) is 47.0 Å². The van der Waals surface area contributed by atoms with E-state index in [0.29, 0.717) is 6.42 Å². The van der Waals surface area contributed by atoms with Crippen LogP contribution < -0.4 is 0 Å². The lowest BCUT2D eigenvalue weighted by Crippen LogP contribution is -2.15. The fourth-order valence-corrected chi connectivity index (χ4v) is 1.54. The standard InChI is InChI=1S/C11H20O/c1-6-9(2)7-11(4,5)8-10(3)12/h2,6-8H2,1,3-5H3. The monoisotopic (exact) mass is 168 g/mol. The number of ketones is 1. The number of allylic oxidation sites excluding steroid dienone is 1. The molecule has 0 N–H and O–H groups in total. The minimum Gasteiger partial charge on any atom is -0.300 e. The zero-order valence-electron chi connectivity index (χ0n) is 8.74. The highest BCUT2D eigenvalue weighted by atomic mass is 16.1. The van der Waals surface area contributed by atoms with Crippen LogP contribution in [0.15, 0.2) is 12.2 Å². The van der Waals surface area contributed by atoms with Gasteiger partial charge in [0, 0.05) is 6.42 Å². The molecule has 1 heteroatoms. The van der Waals surface area contributed by atoms with Gasteiger partial charge in [0.15, 0.2) is 0 Å². The maximum absolute atomic E-state index is 10.9. The lowest BCUT2D eigenvalue weighted by atomic mass is 9.81. The average molecular weight is 168 g/mol. The second kappa shape index (κ2) is 4.44. The summed E-state index contributed by atoms with van der Waals surface area (Å²) < 4.78 is 0. The third-order valence-electron chi connectivity index (χ3n) is 1.96. The Hall–Kier alpha value is -0.590. The van der Waals surface area contributed by atoms with E-state index in [4.69, 9.17) is 0 Å². The Morgan fingerprint density at radius 2 is 1.83 bits per heavy atom. The van der Waals surface area contributed by atoms with Crippen molar-refractivity contribution in [2.24, 2.45) is 5.41 Å². The second-order valence-corrected chi connectivity index (χ2v) is 4.32. The molecule has 12 heavy (non-hydrogen) atoms. The van der Waals surface area contributed by atoms with Crippen LogP contribution in [0.25, 0.3) is 0 Å². The SMILES string of the molecule is C=C(CC)CC(C)(C)CC(C)=O. The molecule has 0 saturated carbocycles. The van der Waals surface area contributed by atoms with Gasteiger partial charge in [-0.15, -0.1) is 0 Å². The fourth-order valence-electron chi connectivity index (χ4n) is 1.54. The van der Waals surface area contributed by atoms with E-state index in [-0.39, 0.29) is 11.2 Å². The van der Waals surface area contributed by atoms with Gasteiger partial charge in [0.25, 0.3) is 0 Å². The molecule has 0 aromatic rings. The summed E-state index contributed by atoms with van der Waals surface area (Å²) in [5.41, 5.74) is 1.33. The van der Waals surface area contributed by atoms with E-state index in [0.717, 1.165) is 12.8 Å². The predicted octanol–water partition coefficient (Wildman–Crippen LogP) is 3.35. The van der Waals surface area contributed by atoms with Crippen molar-refractivity contribution in [2.75, 3.05) is 0 Å². The van der Waals surface area contributed by atoms with Crippen LogP contribution in [0.2, 0.25) is 0 Å². The van der Waals surface area contributed by atoms with Gasteiger partial charge in [-0.3, -0.25) is 0 Å². The van der Waals surface area contributed by atoms with Crippen molar-refractivity contribution in [3.05, 3.63) is 12.2 Å². The molecule has 0 spiro atoms. The van der Waals surface area contributed by atoms with E-state index in [1.165, 1.54) is 5.57 Å². The predicted molar refractivity (Wildman–Crippen MR) is 53.1 cm³/mol. The lowest BCUT2D eigenvalue weighted by molar-refractivity contribution is -0.118. The van der Waals surface area contributed by atoms with Gasteiger partial charge in [0.2, 0.25) is 0 Å². The van der Waals surface area contributed by atoms with Crippen molar-refractivity contribution >= 4 is 5.78 Å². The minimum absolute atomic E-state index is 0.0962. The van der Waals surface area contributed by atoms with Crippen LogP contribution in [-0.4, -0.2) is 5.78 Å². The minimum atomic E-state index is 0.0962. The number of rotatable bonds is 5. The van der Waals surface area contributed by atoms with Gasteiger partial charge in [0.05, 0.1) is 0 Å². The van der Waals surface area contributed by atoms with Crippen LogP contribution in [0.3, 0.4) is 0 Å². The van der Waals surface area contributed by atoms with Gasteiger partial charge >= 0.3 is 0 Å². The quantitative estimate of drug-likeness (QED) is 0.575. The van der Waals surface area contributed by atoms with Crippen LogP contribution in [0.4, 0.5) is 0 Å². The zero-order valence-corrected chi connectivity index (χ0v) is 8.74. The van der Waals surface area contributed by atoms with Crippen LogP contribution in [0.5, 0.6) is 0 Å². The molecule has 0 aliphatic rings. The van der Waals surface area contributed by atoms with Crippen LogP contribution in [0, 0.1) is 5.41 Å². The highest BCUT2D eigenvalue weighted by Gasteiger charge is 2.20. The maximum Gasteiger partial charge on any atom is 0.130 e. The first kappa shape index (κ1) is 11.4. The Morgan fingerprint density at radius 1 is 1.33 bits per heavy atom. The molecule has 1 nitrogen and oxygen atoms in total. The molecule has 0 atom stereocenters. The fraction of sp³-hybridized carbons (Fsp3) is 0.727. The Kier molecular flexibility index (Phi) is 4.22. The zero-order chi connectivity index (χ0) is 9.78. The number of Topliss-reactive ketones (excluding diaryl/α,β-unsaturated/α-hetero) is 1. The summed E-state index contributed by atoms with van der Waals surface area (Å²) in [6.07, 6.45) is 2.64. The molecule has 0 heterocycles. The molecule has 0 aliphatic heterocycles. The first-order valence-corrected chi connectivity index (χ1v) is 4.53. The highest BCUT2D eigenvalue weighted by Crippen LogP contribution is 2.29. The van der Waals surface area contributed by atoms with Gasteiger partial charge < -0.3 is 4.79 Å². The number of hydrogen-bond acceptors (Lipinski definition) is 1. The second-order valence-electron chi connectivity index (χ2n) is 4.32. The highest BCUT2D eigenvalue weighted by molar-refractivity contribution is 5.76. The summed E-state index contributed by atoms with van der Waals surface area (Å²) in [5.74, 6) is 0.268. The third kappa shape index (κ3) is 5.11. The average Bonchev–Trinajstić information content (AvgIpc) is 1.83. The molecule has 0 radical (unpaired) electrons. The molecule has 0 aliphatic carbocycles. The Morgan fingerprint density at radius 3 is 2.17 bits per heavy atom. The van der Waals surface area contributed by atoms with E-state index in [1.54, 1.807) is 6.92 Å². The van der Waals surface area contributed by atoms with Crippen molar-refractivity contribution < 1.29 is 4.79 Å². The largest absolute Gasteiger partial charge is 0.300 e. The molecule has 0 aromatic carbocycles. The molecule has 0 amide bonds. The summed E-state index contributed by atoms with van der Waals surface area (Å²) in [6, 6.07) is 0. The van der Waals surface area contributed by atoms with Gasteiger partial charge in [-0.05, 0) is 25.2 Å². The summed E-state index contributed by atoms with van der Waals surface area (Å²) in [4.78, 5) is 10.9. The number of carbonyl (C=O) groups excluding carboxylic acids is 1. The Balaban J connectivity index is 4.03.